The number of hydrogen-bond acceptors (Lipinski definition) is 3. The number of rotatable bonds is 4. The highest BCUT2D eigenvalue weighted by Crippen LogP contribution is 1.97. The number of carbonyl (C=O) groups is 2. The monoisotopic (exact) mass is 222 g/mol. The molecule has 0 N–H and O–H groups in total. The number of carbonyl (C=O) groups excluding carboxylic acids is 2. The van der Waals surface area contributed by atoms with Gasteiger partial charge in [-0.05, 0) is 13.3 Å². The average molecular weight is 223 g/mol. The Morgan fingerprint density at radius 2 is 2.09 bits per heavy atom. The molecule has 0 radical (unpaired) electrons. The standard InChI is InChI=1S/C7H11BrO3/c1-3-5(2)11-7(10)6(9)4-8/h5H,3-4H2,1-2H3. The normalized spacial score (nSPS) is 12.3. The molecule has 11 heavy (non-hydrogen) atoms. The van der Waals surface area contributed by atoms with E-state index in [1.165, 1.54) is 0 Å². The number of alkyl halides is 1. The van der Waals surface area contributed by atoms with E-state index in [9.17, 15) is 9.59 Å². The summed E-state index contributed by atoms with van der Waals surface area (Å²) in [5, 5.41) is 0.0300. The zero-order chi connectivity index (χ0) is 8.85. The van der Waals surface area contributed by atoms with Gasteiger partial charge in [0.2, 0.25) is 0 Å². The van der Waals surface area contributed by atoms with Gasteiger partial charge in [-0.2, -0.15) is 0 Å². The Morgan fingerprint density at radius 1 is 1.55 bits per heavy atom. The lowest BCUT2D eigenvalue weighted by Gasteiger charge is -2.08. The maximum Gasteiger partial charge on any atom is 0.375 e. The molecule has 0 saturated heterocycles. The lowest BCUT2D eigenvalue weighted by molar-refractivity contribution is -0.156. The maximum atomic E-state index is 10.7. The van der Waals surface area contributed by atoms with Crippen LogP contribution in [0.25, 0.3) is 0 Å². The molecule has 0 aliphatic carbocycles. The highest BCUT2D eigenvalue weighted by Gasteiger charge is 2.15. The van der Waals surface area contributed by atoms with Crippen molar-refractivity contribution in [3.8, 4) is 0 Å². The van der Waals surface area contributed by atoms with Crippen LogP contribution in [-0.2, 0) is 14.3 Å². The first kappa shape index (κ1) is 10.6. The Labute approximate surface area is 74.2 Å². The first-order valence-corrected chi connectivity index (χ1v) is 4.53. The number of hydrogen-bond donors (Lipinski definition) is 0. The summed E-state index contributed by atoms with van der Waals surface area (Å²) in [4.78, 5) is 21.4. The fraction of sp³-hybridized carbons (Fsp3) is 0.714. The largest absolute Gasteiger partial charge is 0.457 e. The summed E-state index contributed by atoms with van der Waals surface area (Å²) in [6, 6.07) is 0. The molecular formula is C7H11BrO3. The van der Waals surface area contributed by atoms with Gasteiger partial charge in [-0.25, -0.2) is 4.79 Å². The van der Waals surface area contributed by atoms with Crippen molar-refractivity contribution in [3.05, 3.63) is 0 Å². The molecule has 0 bridgehead atoms. The van der Waals surface area contributed by atoms with Crippen LogP contribution < -0.4 is 0 Å². The number of halogens is 1. The fourth-order valence-corrected chi connectivity index (χ4v) is 0.615. The van der Waals surface area contributed by atoms with Crippen LogP contribution in [0.4, 0.5) is 0 Å². The molecule has 0 aromatic heterocycles. The van der Waals surface area contributed by atoms with E-state index in [-0.39, 0.29) is 11.4 Å². The van der Waals surface area contributed by atoms with Crippen LogP contribution in [0.15, 0.2) is 0 Å². The van der Waals surface area contributed by atoms with Crippen LogP contribution in [0.1, 0.15) is 20.3 Å². The third-order valence-corrected chi connectivity index (χ3v) is 1.74. The summed E-state index contributed by atoms with van der Waals surface area (Å²) in [6.07, 6.45) is 0.548. The summed E-state index contributed by atoms with van der Waals surface area (Å²) in [5.74, 6) is -1.29. The van der Waals surface area contributed by atoms with Crippen molar-refractivity contribution >= 4 is 27.7 Å². The minimum absolute atomic E-state index is 0.0300. The van der Waals surface area contributed by atoms with E-state index < -0.39 is 11.8 Å². The predicted molar refractivity (Wildman–Crippen MR) is 44.6 cm³/mol. The molecule has 4 heteroatoms. The lowest BCUT2D eigenvalue weighted by Crippen LogP contribution is -2.22. The van der Waals surface area contributed by atoms with Gasteiger partial charge >= 0.3 is 5.97 Å². The van der Waals surface area contributed by atoms with Gasteiger partial charge < -0.3 is 4.74 Å². The van der Waals surface area contributed by atoms with Gasteiger partial charge in [0.25, 0.3) is 5.78 Å². The van der Waals surface area contributed by atoms with Crippen LogP contribution in [-0.4, -0.2) is 23.2 Å². The molecule has 3 nitrogen and oxygen atoms in total. The Kier molecular flexibility index (Phi) is 5.11. The molecule has 1 unspecified atom stereocenters. The Bertz CT molecular complexity index is 156. The molecule has 0 heterocycles. The van der Waals surface area contributed by atoms with E-state index in [0.717, 1.165) is 6.42 Å². The molecule has 0 fully saturated rings. The van der Waals surface area contributed by atoms with Crippen LogP contribution in [0.2, 0.25) is 0 Å². The molecule has 0 rings (SSSR count). The van der Waals surface area contributed by atoms with E-state index in [0.29, 0.717) is 0 Å². The van der Waals surface area contributed by atoms with Crippen molar-refractivity contribution < 1.29 is 14.3 Å². The summed E-state index contributed by atoms with van der Waals surface area (Å²) < 4.78 is 4.73. The predicted octanol–water partition coefficient (Wildman–Crippen LogP) is 1.29. The van der Waals surface area contributed by atoms with Gasteiger partial charge in [0.15, 0.2) is 0 Å². The van der Waals surface area contributed by atoms with Crippen molar-refractivity contribution in [2.75, 3.05) is 5.33 Å². The van der Waals surface area contributed by atoms with Crippen molar-refractivity contribution in [2.24, 2.45) is 0 Å². The summed E-state index contributed by atoms with van der Waals surface area (Å²) in [6.45, 7) is 3.63. The molecule has 1 atom stereocenters. The van der Waals surface area contributed by atoms with E-state index in [2.05, 4.69) is 15.9 Å². The van der Waals surface area contributed by atoms with Gasteiger partial charge in [0.05, 0.1) is 11.4 Å². The molecule has 0 aromatic rings. The van der Waals surface area contributed by atoms with Crippen molar-refractivity contribution in [2.45, 2.75) is 26.4 Å². The summed E-state index contributed by atoms with van der Waals surface area (Å²) in [7, 11) is 0. The van der Waals surface area contributed by atoms with E-state index in [4.69, 9.17) is 4.74 Å². The fourth-order valence-electron chi connectivity index (χ4n) is 0.386. The Hall–Kier alpha value is -0.380. The van der Waals surface area contributed by atoms with Gasteiger partial charge in [-0.1, -0.05) is 22.9 Å². The van der Waals surface area contributed by atoms with Crippen LogP contribution in [0, 0.1) is 0 Å². The molecule has 0 aliphatic rings. The lowest BCUT2D eigenvalue weighted by atomic mass is 10.3. The quantitative estimate of drug-likeness (QED) is 0.409. The van der Waals surface area contributed by atoms with Gasteiger partial charge in [0, 0.05) is 0 Å². The van der Waals surface area contributed by atoms with Crippen molar-refractivity contribution in [3.63, 3.8) is 0 Å². The van der Waals surface area contributed by atoms with Crippen molar-refractivity contribution in [1.29, 1.82) is 0 Å². The van der Waals surface area contributed by atoms with E-state index in [1.807, 2.05) is 6.92 Å². The zero-order valence-corrected chi connectivity index (χ0v) is 8.18. The molecule has 0 amide bonds. The molecule has 0 aromatic carbocycles. The first-order valence-electron chi connectivity index (χ1n) is 3.41. The number of ether oxygens (including phenoxy) is 1. The van der Waals surface area contributed by atoms with Crippen molar-refractivity contribution in [1.82, 2.24) is 0 Å². The van der Waals surface area contributed by atoms with Crippen LogP contribution in [0.3, 0.4) is 0 Å². The first-order chi connectivity index (χ1) is 5.11. The highest BCUT2D eigenvalue weighted by atomic mass is 79.9. The molecule has 0 spiro atoms. The minimum atomic E-state index is -0.753. The summed E-state index contributed by atoms with van der Waals surface area (Å²) >= 11 is 2.88. The second-order valence-corrected chi connectivity index (χ2v) is 2.74. The Balaban J connectivity index is 3.77. The number of esters is 1. The summed E-state index contributed by atoms with van der Waals surface area (Å²) in [5.41, 5.74) is 0. The molecule has 0 aliphatic heterocycles. The number of ketones is 1. The van der Waals surface area contributed by atoms with Crippen LogP contribution >= 0.6 is 15.9 Å². The SMILES string of the molecule is CCC(C)OC(=O)C(=O)CBr. The van der Waals surface area contributed by atoms with Crippen LogP contribution in [0.5, 0.6) is 0 Å². The second-order valence-electron chi connectivity index (χ2n) is 2.18. The minimum Gasteiger partial charge on any atom is -0.457 e. The Morgan fingerprint density at radius 3 is 2.45 bits per heavy atom. The topological polar surface area (TPSA) is 43.4 Å². The zero-order valence-electron chi connectivity index (χ0n) is 6.59. The third-order valence-electron chi connectivity index (χ3n) is 1.23. The molecular weight excluding hydrogens is 212 g/mol. The van der Waals surface area contributed by atoms with Gasteiger partial charge in [-0.3, -0.25) is 4.79 Å². The number of Topliss-reactive ketones (excluding diaryl/α,β-unsaturated/α-hetero) is 1. The van der Waals surface area contributed by atoms with Gasteiger partial charge in [-0.15, -0.1) is 0 Å². The highest BCUT2D eigenvalue weighted by molar-refractivity contribution is 9.09. The van der Waals surface area contributed by atoms with E-state index in [1.54, 1.807) is 6.92 Å². The average Bonchev–Trinajstić information content (AvgIpc) is 2.02. The third kappa shape index (κ3) is 4.14. The molecule has 64 valence electrons. The smallest absolute Gasteiger partial charge is 0.375 e. The maximum absolute atomic E-state index is 10.7. The van der Waals surface area contributed by atoms with Gasteiger partial charge in [0.1, 0.15) is 0 Å². The molecule has 0 saturated carbocycles. The van der Waals surface area contributed by atoms with E-state index >= 15 is 0 Å². The second kappa shape index (κ2) is 5.29.